The lowest BCUT2D eigenvalue weighted by Gasteiger charge is -2.32. The summed E-state index contributed by atoms with van der Waals surface area (Å²) in [7, 11) is 1.73. The zero-order chi connectivity index (χ0) is 18.0. The molecule has 0 unspecified atom stereocenters. The third kappa shape index (κ3) is 3.86. The number of anilines is 1. The van der Waals surface area contributed by atoms with Crippen molar-refractivity contribution in [3.63, 3.8) is 0 Å². The summed E-state index contributed by atoms with van der Waals surface area (Å²) >= 11 is 7.96. The maximum atomic E-state index is 12.4. The van der Waals surface area contributed by atoms with E-state index in [1.165, 1.54) is 16.0 Å². The summed E-state index contributed by atoms with van der Waals surface area (Å²) in [4.78, 5) is 13.8. The summed E-state index contributed by atoms with van der Waals surface area (Å²) < 4.78 is 3.92. The molecule has 1 aliphatic heterocycles. The molecule has 0 aliphatic carbocycles. The van der Waals surface area contributed by atoms with Crippen LogP contribution in [0.1, 0.15) is 30.0 Å². The van der Waals surface area contributed by atoms with Gasteiger partial charge < -0.3 is 5.32 Å². The van der Waals surface area contributed by atoms with Gasteiger partial charge in [0.2, 0.25) is 0 Å². The maximum Gasteiger partial charge on any atom is 0.287 e. The molecule has 5 nitrogen and oxygen atoms in total. The van der Waals surface area contributed by atoms with Gasteiger partial charge in [-0.05, 0) is 49.8 Å². The first kappa shape index (κ1) is 18.3. The van der Waals surface area contributed by atoms with Gasteiger partial charge >= 0.3 is 0 Å². The van der Waals surface area contributed by atoms with Crippen LogP contribution in [0.4, 0.5) is 5.69 Å². The Labute approximate surface area is 157 Å². The number of piperidine rings is 1. The molecule has 0 saturated carbocycles. The van der Waals surface area contributed by atoms with E-state index in [2.05, 4.69) is 46.8 Å². The van der Waals surface area contributed by atoms with Crippen LogP contribution in [0.15, 0.2) is 34.1 Å². The van der Waals surface area contributed by atoms with E-state index in [1.807, 2.05) is 11.9 Å². The van der Waals surface area contributed by atoms with E-state index in [0.717, 1.165) is 25.9 Å². The molecule has 1 aromatic heterocycles. The van der Waals surface area contributed by atoms with Crippen molar-refractivity contribution in [2.24, 2.45) is 0 Å². The van der Waals surface area contributed by atoms with Gasteiger partial charge in [-0.2, -0.15) is 5.10 Å². The zero-order valence-corrected chi connectivity index (χ0v) is 16.3. The van der Waals surface area contributed by atoms with Gasteiger partial charge in [0.05, 0.1) is 17.9 Å². The first-order chi connectivity index (χ1) is 12.0. The second-order valence-electron chi connectivity index (χ2n) is 6.34. The van der Waals surface area contributed by atoms with Crippen LogP contribution < -0.4 is 10.9 Å². The molecule has 1 fully saturated rings. The lowest BCUT2D eigenvalue weighted by molar-refractivity contribution is 0.269. The minimum Gasteiger partial charge on any atom is -0.385 e. The first-order valence-corrected chi connectivity index (χ1v) is 9.60. The van der Waals surface area contributed by atoms with Gasteiger partial charge in [-0.25, -0.2) is 8.99 Å². The summed E-state index contributed by atoms with van der Waals surface area (Å²) in [6, 6.07) is 6.50. The summed E-state index contributed by atoms with van der Waals surface area (Å²) in [5.41, 5.74) is 2.97. The van der Waals surface area contributed by atoms with Crippen molar-refractivity contribution in [3.05, 3.63) is 50.9 Å². The van der Waals surface area contributed by atoms with Crippen LogP contribution >= 0.6 is 23.5 Å². The normalized spacial score (nSPS) is 16.2. The van der Waals surface area contributed by atoms with Gasteiger partial charge in [0, 0.05) is 25.0 Å². The SMILES string of the molecule is CNc1cnn(C2CCN(Sc3c(C)cccc3C)CC2)c(=O)c1Cl. The largest absolute Gasteiger partial charge is 0.385 e. The standard InChI is InChI=1S/C18H23ClN4OS/c1-12-5-4-6-13(2)17(12)25-22-9-7-14(8-10-22)23-18(24)16(19)15(20-3)11-21-23/h4-6,11,14,20H,7-10H2,1-3H3. The molecule has 7 heteroatoms. The molecule has 25 heavy (non-hydrogen) atoms. The van der Waals surface area contributed by atoms with Gasteiger partial charge in [0.1, 0.15) is 5.02 Å². The lowest BCUT2D eigenvalue weighted by Crippen LogP contribution is -2.36. The number of benzene rings is 1. The highest BCUT2D eigenvalue weighted by Gasteiger charge is 2.24. The molecule has 3 rings (SSSR count). The molecular weight excluding hydrogens is 356 g/mol. The molecule has 2 heterocycles. The predicted octanol–water partition coefficient (Wildman–Crippen LogP) is 3.90. The van der Waals surface area contributed by atoms with Gasteiger partial charge in [0.25, 0.3) is 5.56 Å². The monoisotopic (exact) mass is 378 g/mol. The highest BCUT2D eigenvalue weighted by atomic mass is 35.5. The predicted molar refractivity (Wildman–Crippen MR) is 105 cm³/mol. The average molecular weight is 379 g/mol. The molecule has 134 valence electrons. The second kappa shape index (κ2) is 7.81. The molecule has 1 N–H and O–H groups in total. The molecule has 0 amide bonds. The molecule has 0 radical (unpaired) electrons. The lowest BCUT2D eigenvalue weighted by atomic mass is 10.1. The fourth-order valence-corrected chi connectivity index (χ4v) is 4.44. The average Bonchev–Trinajstić information content (AvgIpc) is 2.61. The van der Waals surface area contributed by atoms with E-state index in [-0.39, 0.29) is 16.6 Å². The summed E-state index contributed by atoms with van der Waals surface area (Å²) in [5.74, 6) is 0. The molecule has 0 spiro atoms. The van der Waals surface area contributed by atoms with Crippen LogP contribution in [0.3, 0.4) is 0 Å². The fraction of sp³-hybridized carbons (Fsp3) is 0.444. The van der Waals surface area contributed by atoms with Crippen molar-refractivity contribution < 1.29 is 0 Å². The minimum atomic E-state index is -0.214. The van der Waals surface area contributed by atoms with Crippen LogP contribution in [0, 0.1) is 13.8 Å². The van der Waals surface area contributed by atoms with Crippen LogP contribution in [-0.2, 0) is 0 Å². The summed E-state index contributed by atoms with van der Waals surface area (Å²) in [5, 5.41) is 7.41. The summed E-state index contributed by atoms with van der Waals surface area (Å²) in [6.45, 7) is 6.14. The van der Waals surface area contributed by atoms with Gasteiger partial charge in [-0.15, -0.1) is 0 Å². The molecule has 1 aliphatic rings. The maximum absolute atomic E-state index is 12.4. The quantitative estimate of drug-likeness (QED) is 0.817. The van der Waals surface area contributed by atoms with E-state index in [0.29, 0.717) is 5.69 Å². The Hall–Kier alpha value is -1.50. The third-order valence-corrected chi connectivity index (χ3v) is 6.43. The third-order valence-electron chi connectivity index (χ3n) is 4.61. The topological polar surface area (TPSA) is 50.2 Å². The number of rotatable bonds is 4. The van der Waals surface area contributed by atoms with Crippen molar-refractivity contribution >= 4 is 29.2 Å². The van der Waals surface area contributed by atoms with Crippen molar-refractivity contribution in [2.45, 2.75) is 37.6 Å². The van der Waals surface area contributed by atoms with E-state index in [9.17, 15) is 4.79 Å². The summed E-state index contributed by atoms with van der Waals surface area (Å²) in [6.07, 6.45) is 3.40. The van der Waals surface area contributed by atoms with Gasteiger partial charge in [-0.3, -0.25) is 4.79 Å². The van der Waals surface area contributed by atoms with E-state index < -0.39 is 0 Å². The Balaban J connectivity index is 1.68. The fourth-order valence-electron chi connectivity index (χ4n) is 3.13. The van der Waals surface area contributed by atoms with Crippen LogP contribution in [-0.4, -0.2) is 34.2 Å². The number of halogens is 1. The molecule has 2 aromatic rings. The van der Waals surface area contributed by atoms with Crippen LogP contribution in [0.25, 0.3) is 0 Å². The number of nitrogens with zero attached hydrogens (tertiary/aromatic N) is 3. The Kier molecular flexibility index (Phi) is 5.71. The van der Waals surface area contributed by atoms with Crippen molar-refractivity contribution in [1.82, 2.24) is 14.1 Å². The second-order valence-corrected chi connectivity index (χ2v) is 7.83. The van der Waals surface area contributed by atoms with E-state index >= 15 is 0 Å². The van der Waals surface area contributed by atoms with Crippen LogP contribution in [0.5, 0.6) is 0 Å². The van der Waals surface area contributed by atoms with Crippen molar-refractivity contribution in [3.8, 4) is 0 Å². The number of hydrogen-bond donors (Lipinski definition) is 1. The highest BCUT2D eigenvalue weighted by Crippen LogP contribution is 2.33. The Morgan fingerprint density at radius 2 is 1.88 bits per heavy atom. The van der Waals surface area contributed by atoms with Crippen LogP contribution in [0.2, 0.25) is 5.02 Å². The Morgan fingerprint density at radius 3 is 2.48 bits per heavy atom. The Morgan fingerprint density at radius 1 is 1.24 bits per heavy atom. The number of aryl methyl sites for hydroxylation is 2. The smallest absolute Gasteiger partial charge is 0.287 e. The molecule has 0 bridgehead atoms. The van der Waals surface area contributed by atoms with E-state index in [1.54, 1.807) is 17.9 Å². The van der Waals surface area contributed by atoms with Gasteiger partial charge in [0.15, 0.2) is 0 Å². The number of hydrogen-bond acceptors (Lipinski definition) is 5. The van der Waals surface area contributed by atoms with Crippen molar-refractivity contribution in [2.75, 3.05) is 25.5 Å². The zero-order valence-electron chi connectivity index (χ0n) is 14.8. The molecule has 1 aromatic carbocycles. The molecule has 0 atom stereocenters. The Bertz CT molecular complexity index is 795. The molecular formula is C18H23ClN4OS. The highest BCUT2D eigenvalue weighted by molar-refractivity contribution is 7.97. The first-order valence-electron chi connectivity index (χ1n) is 8.45. The molecule has 1 saturated heterocycles. The number of aromatic nitrogens is 2. The van der Waals surface area contributed by atoms with Gasteiger partial charge in [-0.1, -0.05) is 29.8 Å². The van der Waals surface area contributed by atoms with E-state index in [4.69, 9.17) is 11.6 Å². The van der Waals surface area contributed by atoms with Crippen molar-refractivity contribution in [1.29, 1.82) is 0 Å². The minimum absolute atomic E-state index is 0.103. The number of nitrogens with one attached hydrogen (secondary N) is 1.